The van der Waals surface area contributed by atoms with Gasteiger partial charge in [0, 0.05) is 4.47 Å². The topological polar surface area (TPSA) is 50.7 Å². The molecule has 1 aromatic heterocycles. The minimum absolute atomic E-state index is 0.00813. The molecule has 0 unspecified atom stereocenters. The summed E-state index contributed by atoms with van der Waals surface area (Å²) in [6, 6.07) is 4.42. The lowest BCUT2D eigenvalue weighted by Crippen LogP contribution is -2.00. The summed E-state index contributed by atoms with van der Waals surface area (Å²) < 4.78 is 14.2. The Bertz CT molecular complexity index is 517. The van der Waals surface area contributed by atoms with E-state index in [2.05, 4.69) is 36.4 Å². The van der Waals surface area contributed by atoms with Gasteiger partial charge in [-0.25, -0.2) is 4.39 Å². The average Bonchev–Trinajstić information content (AvgIpc) is 2.28. The monoisotopic (exact) mass is 336 g/mol. The van der Waals surface area contributed by atoms with Gasteiger partial charge in [0.05, 0.1) is 5.69 Å². The van der Waals surface area contributed by atoms with Gasteiger partial charge in [-0.2, -0.15) is 4.98 Å². The summed E-state index contributed by atoms with van der Waals surface area (Å²) in [5.41, 5.74) is 0.206. The number of nitrogens with one attached hydrogen (secondary N) is 1. The molecule has 0 radical (unpaired) electrons. The van der Waals surface area contributed by atoms with Gasteiger partial charge in [-0.05, 0) is 29.8 Å². The van der Waals surface area contributed by atoms with Crippen molar-refractivity contribution >= 4 is 50.6 Å². The van der Waals surface area contributed by atoms with Gasteiger partial charge in [-0.1, -0.05) is 27.5 Å². The summed E-state index contributed by atoms with van der Waals surface area (Å²) in [4.78, 5) is 3.81. The third kappa shape index (κ3) is 3.02. The number of benzene rings is 1. The molecule has 0 saturated carbocycles. The Morgan fingerprint density at radius 1 is 1.24 bits per heavy atom. The van der Waals surface area contributed by atoms with E-state index < -0.39 is 5.82 Å². The van der Waals surface area contributed by atoms with E-state index in [-0.39, 0.29) is 21.9 Å². The first-order chi connectivity index (χ1) is 8.06. The van der Waals surface area contributed by atoms with Gasteiger partial charge in [-0.3, -0.25) is 0 Å². The molecule has 8 heteroatoms. The highest BCUT2D eigenvalue weighted by atomic mass is 79.9. The smallest absolute Gasteiger partial charge is 0.245 e. The lowest BCUT2D eigenvalue weighted by Gasteiger charge is -2.07. The first kappa shape index (κ1) is 12.5. The zero-order valence-electron chi connectivity index (χ0n) is 8.09. The molecule has 1 N–H and O–H groups in total. The van der Waals surface area contributed by atoms with Crippen LogP contribution in [0.4, 0.5) is 15.9 Å². The standard InChI is InChI=1S/C9H4BrCl2FN4/c10-4-1-2-5(13)6(3-4)14-8-7(11)16-17-9(12)15-8/h1-3H,(H,14,15,17). The minimum atomic E-state index is -0.445. The molecule has 0 bridgehead atoms. The van der Waals surface area contributed by atoms with Crippen LogP contribution in [0.2, 0.25) is 10.4 Å². The fourth-order valence-corrected chi connectivity index (χ4v) is 1.70. The number of halogens is 4. The minimum Gasteiger partial charge on any atom is -0.335 e. The van der Waals surface area contributed by atoms with Gasteiger partial charge < -0.3 is 5.32 Å². The largest absolute Gasteiger partial charge is 0.335 e. The van der Waals surface area contributed by atoms with Gasteiger partial charge in [-0.15, -0.1) is 10.2 Å². The lowest BCUT2D eigenvalue weighted by molar-refractivity contribution is 0.631. The highest BCUT2D eigenvalue weighted by Gasteiger charge is 2.09. The Hall–Kier alpha value is -0.980. The molecule has 2 rings (SSSR count). The van der Waals surface area contributed by atoms with Crippen molar-refractivity contribution in [1.82, 2.24) is 15.2 Å². The number of anilines is 2. The maximum absolute atomic E-state index is 13.5. The van der Waals surface area contributed by atoms with Crippen LogP contribution in [0.15, 0.2) is 22.7 Å². The van der Waals surface area contributed by atoms with E-state index >= 15 is 0 Å². The van der Waals surface area contributed by atoms with Crippen molar-refractivity contribution in [3.05, 3.63) is 38.9 Å². The second-order valence-electron chi connectivity index (χ2n) is 2.97. The van der Waals surface area contributed by atoms with E-state index in [1.165, 1.54) is 6.07 Å². The van der Waals surface area contributed by atoms with Crippen LogP contribution in [0.25, 0.3) is 0 Å². The SMILES string of the molecule is Fc1ccc(Br)cc1Nc1nc(Cl)nnc1Cl. The Balaban J connectivity index is 2.37. The molecule has 2 aromatic rings. The van der Waals surface area contributed by atoms with E-state index in [0.29, 0.717) is 4.47 Å². The number of aromatic nitrogens is 3. The molecule has 0 spiro atoms. The number of hydrogen-bond acceptors (Lipinski definition) is 4. The van der Waals surface area contributed by atoms with Gasteiger partial charge in [0.15, 0.2) is 11.0 Å². The predicted molar refractivity (Wildman–Crippen MR) is 67.2 cm³/mol. The van der Waals surface area contributed by atoms with Gasteiger partial charge in [0.25, 0.3) is 0 Å². The van der Waals surface area contributed by atoms with E-state index in [4.69, 9.17) is 23.2 Å². The van der Waals surface area contributed by atoms with Crippen LogP contribution in [0.5, 0.6) is 0 Å². The van der Waals surface area contributed by atoms with Crippen molar-refractivity contribution in [1.29, 1.82) is 0 Å². The Labute approximate surface area is 114 Å². The summed E-state index contributed by atoms with van der Waals surface area (Å²) in [6.07, 6.45) is 0. The van der Waals surface area contributed by atoms with Crippen molar-refractivity contribution < 1.29 is 4.39 Å². The van der Waals surface area contributed by atoms with Crippen LogP contribution in [-0.4, -0.2) is 15.2 Å². The molecular weight excluding hydrogens is 334 g/mol. The molecule has 0 fully saturated rings. The van der Waals surface area contributed by atoms with Crippen molar-refractivity contribution in [2.75, 3.05) is 5.32 Å². The lowest BCUT2D eigenvalue weighted by atomic mass is 10.3. The van der Waals surface area contributed by atoms with Crippen molar-refractivity contribution in [2.45, 2.75) is 0 Å². The highest BCUT2D eigenvalue weighted by Crippen LogP contribution is 2.26. The molecule has 0 amide bonds. The molecule has 4 nitrogen and oxygen atoms in total. The number of hydrogen-bond donors (Lipinski definition) is 1. The van der Waals surface area contributed by atoms with Gasteiger partial charge in [0.2, 0.25) is 5.28 Å². The van der Waals surface area contributed by atoms with E-state index in [1.807, 2.05) is 0 Å². The second kappa shape index (κ2) is 5.12. The molecule has 0 saturated heterocycles. The Morgan fingerprint density at radius 2 is 2.00 bits per heavy atom. The molecule has 0 aliphatic carbocycles. The van der Waals surface area contributed by atoms with Crippen LogP contribution >= 0.6 is 39.1 Å². The molecule has 1 aromatic carbocycles. The molecule has 1 heterocycles. The summed E-state index contributed by atoms with van der Waals surface area (Å²) in [6.45, 7) is 0. The van der Waals surface area contributed by atoms with Gasteiger partial charge >= 0.3 is 0 Å². The normalized spacial score (nSPS) is 10.4. The molecule has 0 atom stereocenters. The number of nitrogens with zero attached hydrogens (tertiary/aromatic N) is 3. The van der Waals surface area contributed by atoms with Crippen LogP contribution in [0.1, 0.15) is 0 Å². The van der Waals surface area contributed by atoms with Crippen LogP contribution < -0.4 is 5.32 Å². The van der Waals surface area contributed by atoms with Crippen LogP contribution in [0.3, 0.4) is 0 Å². The molecule has 17 heavy (non-hydrogen) atoms. The summed E-state index contributed by atoms with van der Waals surface area (Å²) >= 11 is 14.5. The van der Waals surface area contributed by atoms with Crippen molar-refractivity contribution in [2.24, 2.45) is 0 Å². The summed E-state index contributed by atoms with van der Waals surface area (Å²) in [5, 5.41) is 9.62. The second-order valence-corrected chi connectivity index (χ2v) is 4.58. The maximum atomic E-state index is 13.5. The predicted octanol–water partition coefficient (Wildman–Crippen LogP) is 3.82. The van der Waals surface area contributed by atoms with E-state index in [9.17, 15) is 4.39 Å². The van der Waals surface area contributed by atoms with Crippen LogP contribution in [0, 0.1) is 5.82 Å². The van der Waals surface area contributed by atoms with Crippen molar-refractivity contribution in [3.8, 4) is 0 Å². The van der Waals surface area contributed by atoms with Crippen molar-refractivity contribution in [3.63, 3.8) is 0 Å². The average molecular weight is 338 g/mol. The van der Waals surface area contributed by atoms with Crippen LogP contribution in [-0.2, 0) is 0 Å². The van der Waals surface area contributed by atoms with E-state index in [0.717, 1.165) is 0 Å². The first-order valence-electron chi connectivity index (χ1n) is 4.34. The molecular formula is C9H4BrCl2FN4. The summed E-state index contributed by atoms with van der Waals surface area (Å²) in [5.74, 6) is -0.303. The fraction of sp³-hybridized carbons (Fsp3) is 0. The third-order valence-corrected chi connectivity index (χ3v) is 2.71. The Kier molecular flexibility index (Phi) is 3.76. The molecule has 0 aliphatic rings. The zero-order chi connectivity index (χ0) is 12.4. The first-order valence-corrected chi connectivity index (χ1v) is 5.89. The van der Waals surface area contributed by atoms with Gasteiger partial charge in [0.1, 0.15) is 5.82 Å². The fourth-order valence-electron chi connectivity index (χ4n) is 1.09. The zero-order valence-corrected chi connectivity index (χ0v) is 11.2. The Morgan fingerprint density at radius 3 is 2.76 bits per heavy atom. The maximum Gasteiger partial charge on any atom is 0.245 e. The highest BCUT2D eigenvalue weighted by molar-refractivity contribution is 9.10. The van der Waals surface area contributed by atoms with E-state index in [1.54, 1.807) is 12.1 Å². The molecule has 0 aliphatic heterocycles. The summed E-state index contributed by atoms with van der Waals surface area (Å²) in [7, 11) is 0. The number of rotatable bonds is 2. The quantitative estimate of drug-likeness (QED) is 0.905. The molecule has 88 valence electrons. The third-order valence-electron chi connectivity index (χ3n) is 1.80.